The molecule has 1 N–H and O–H groups in total. The number of nitrogens with zero attached hydrogens (tertiary/aromatic N) is 3. The summed E-state index contributed by atoms with van der Waals surface area (Å²) in [5.41, 5.74) is 6.13. The van der Waals surface area contributed by atoms with Crippen molar-refractivity contribution >= 4 is 40.3 Å². The van der Waals surface area contributed by atoms with Crippen LogP contribution in [0.3, 0.4) is 0 Å². The highest BCUT2D eigenvalue weighted by molar-refractivity contribution is 8.18. The van der Waals surface area contributed by atoms with Crippen molar-refractivity contribution in [1.29, 1.82) is 0 Å². The maximum absolute atomic E-state index is 12.5. The van der Waals surface area contributed by atoms with E-state index in [1.807, 2.05) is 60.9 Å². The molecule has 3 aromatic rings. The second kappa shape index (κ2) is 9.07. The van der Waals surface area contributed by atoms with Gasteiger partial charge in [0.2, 0.25) is 0 Å². The number of carbonyl (C=O) groups excluding carboxylic acids is 1. The molecule has 2 aromatic carbocycles. The minimum absolute atomic E-state index is 0.0819. The maximum Gasteiger partial charge on any atom is 0.274 e. The van der Waals surface area contributed by atoms with Crippen molar-refractivity contribution < 1.29 is 9.72 Å². The van der Waals surface area contributed by atoms with Crippen molar-refractivity contribution in [2.45, 2.75) is 34.1 Å². The highest BCUT2D eigenvalue weighted by Crippen LogP contribution is 2.31. The van der Waals surface area contributed by atoms with Gasteiger partial charge in [0.1, 0.15) is 0 Å². The van der Waals surface area contributed by atoms with Gasteiger partial charge in [-0.3, -0.25) is 14.9 Å². The summed E-state index contributed by atoms with van der Waals surface area (Å²) in [5, 5.41) is 14.7. The third-order valence-corrected chi connectivity index (χ3v) is 6.54. The molecule has 0 saturated carbocycles. The minimum Gasteiger partial charge on any atom is -0.318 e. The molecule has 1 amide bonds. The van der Waals surface area contributed by atoms with E-state index >= 15 is 0 Å². The molecule has 0 atom stereocenters. The molecule has 2 heterocycles. The Morgan fingerprint density at radius 3 is 2.52 bits per heavy atom. The van der Waals surface area contributed by atoms with Gasteiger partial charge in [-0.15, -0.1) is 0 Å². The average Bonchev–Trinajstić information content (AvgIpc) is 3.26. The molecular weight excluding hydrogens is 436 g/mol. The van der Waals surface area contributed by atoms with E-state index in [-0.39, 0.29) is 16.5 Å². The summed E-state index contributed by atoms with van der Waals surface area (Å²) in [5.74, 6) is -0.195. The third kappa shape index (κ3) is 4.61. The van der Waals surface area contributed by atoms with Crippen LogP contribution < -0.4 is 5.32 Å². The van der Waals surface area contributed by atoms with E-state index < -0.39 is 0 Å². The smallest absolute Gasteiger partial charge is 0.274 e. The summed E-state index contributed by atoms with van der Waals surface area (Å²) >= 11 is 1.30. The van der Waals surface area contributed by atoms with Crippen LogP contribution in [0.25, 0.3) is 11.8 Å². The number of hydrogen-bond donors (Lipinski definition) is 1. The van der Waals surface area contributed by atoms with Crippen LogP contribution in [0.1, 0.15) is 35.0 Å². The second-order valence-electron chi connectivity index (χ2n) is 7.89. The molecule has 4 rings (SSSR count). The van der Waals surface area contributed by atoms with Crippen LogP contribution in [-0.4, -0.2) is 20.6 Å². The number of amidine groups is 1. The Labute approximate surface area is 196 Å². The maximum atomic E-state index is 12.5. The van der Waals surface area contributed by atoms with E-state index in [0.29, 0.717) is 21.3 Å². The Hall–Kier alpha value is -3.65. The van der Waals surface area contributed by atoms with Gasteiger partial charge in [0.15, 0.2) is 5.17 Å². The fraction of sp³-hybridized carbons (Fsp3) is 0.200. The molecule has 0 spiro atoms. The van der Waals surface area contributed by atoms with Gasteiger partial charge in [0.25, 0.3) is 11.6 Å². The van der Waals surface area contributed by atoms with E-state index in [9.17, 15) is 14.9 Å². The molecule has 0 bridgehead atoms. The Morgan fingerprint density at radius 1 is 1.12 bits per heavy atom. The molecule has 1 aliphatic heterocycles. The van der Waals surface area contributed by atoms with Gasteiger partial charge in [-0.1, -0.05) is 25.1 Å². The summed E-state index contributed by atoms with van der Waals surface area (Å²) in [6, 6.07) is 15.1. The monoisotopic (exact) mass is 460 g/mol. The standard InChI is InChI=1S/C25H24N4O3S/c1-5-18-7-9-20(10-8-18)26-25-27-24(30)23(33-25)13-19-12-16(3)28(17(19)4)21-11-6-15(2)22(14-21)29(31)32/h6-14H,5H2,1-4H3,(H,26,27,30)/b23-13-. The topological polar surface area (TPSA) is 89.5 Å². The third-order valence-electron chi connectivity index (χ3n) is 5.63. The number of nitro groups is 1. The molecule has 1 saturated heterocycles. The zero-order valence-electron chi connectivity index (χ0n) is 18.9. The lowest BCUT2D eigenvalue weighted by Gasteiger charge is -2.10. The van der Waals surface area contributed by atoms with E-state index in [1.54, 1.807) is 19.1 Å². The minimum atomic E-state index is -0.369. The zero-order chi connectivity index (χ0) is 23.7. The Bertz CT molecular complexity index is 1320. The number of carbonyl (C=O) groups is 1. The summed E-state index contributed by atoms with van der Waals surface area (Å²) in [7, 11) is 0. The number of benzene rings is 2. The van der Waals surface area contributed by atoms with Crippen LogP contribution >= 0.6 is 11.8 Å². The molecule has 1 aromatic heterocycles. The molecular formula is C25H24N4O3S. The van der Waals surface area contributed by atoms with Crippen molar-refractivity contribution in [3.63, 3.8) is 0 Å². The molecule has 0 radical (unpaired) electrons. The number of aromatic nitrogens is 1. The van der Waals surface area contributed by atoms with Crippen molar-refractivity contribution in [2.24, 2.45) is 4.99 Å². The first kappa shape index (κ1) is 22.5. The molecule has 168 valence electrons. The van der Waals surface area contributed by atoms with Crippen LogP contribution in [0.2, 0.25) is 0 Å². The fourth-order valence-corrected chi connectivity index (χ4v) is 4.64. The molecule has 1 aliphatic rings. The van der Waals surface area contributed by atoms with Crippen molar-refractivity contribution in [1.82, 2.24) is 9.88 Å². The zero-order valence-corrected chi connectivity index (χ0v) is 19.7. The van der Waals surface area contributed by atoms with Gasteiger partial charge in [-0.05, 0) is 80.4 Å². The molecule has 0 aliphatic carbocycles. The number of aryl methyl sites for hydroxylation is 3. The van der Waals surface area contributed by atoms with Crippen molar-refractivity contribution in [3.8, 4) is 5.69 Å². The van der Waals surface area contributed by atoms with Gasteiger partial charge in [-0.2, -0.15) is 0 Å². The lowest BCUT2D eigenvalue weighted by Crippen LogP contribution is -2.19. The number of hydrogen-bond acceptors (Lipinski definition) is 5. The predicted octanol–water partition coefficient (Wildman–Crippen LogP) is 5.76. The van der Waals surface area contributed by atoms with Gasteiger partial charge < -0.3 is 9.88 Å². The number of nitro benzene ring substituents is 1. The van der Waals surface area contributed by atoms with E-state index in [1.165, 1.54) is 17.3 Å². The Balaban J connectivity index is 1.64. The lowest BCUT2D eigenvalue weighted by atomic mass is 10.1. The highest BCUT2D eigenvalue weighted by atomic mass is 32.2. The molecule has 8 heteroatoms. The molecule has 33 heavy (non-hydrogen) atoms. The largest absolute Gasteiger partial charge is 0.318 e. The normalized spacial score (nSPS) is 15.9. The van der Waals surface area contributed by atoms with Gasteiger partial charge >= 0.3 is 0 Å². The first-order valence-corrected chi connectivity index (χ1v) is 11.4. The van der Waals surface area contributed by atoms with Crippen LogP contribution in [-0.2, 0) is 11.2 Å². The number of amides is 1. The first-order chi connectivity index (χ1) is 15.8. The second-order valence-corrected chi connectivity index (χ2v) is 8.92. The van der Waals surface area contributed by atoms with Gasteiger partial charge in [0, 0.05) is 23.0 Å². The quantitative estimate of drug-likeness (QED) is 0.298. The number of nitrogens with one attached hydrogen (secondary N) is 1. The lowest BCUT2D eigenvalue weighted by molar-refractivity contribution is -0.385. The van der Waals surface area contributed by atoms with E-state index in [0.717, 1.165) is 29.1 Å². The van der Waals surface area contributed by atoms with Crippen LogP contribution in [0, 0.1) is 30.9 Å². The van der Waals surface area contributed by atoms with E-state index in [4.69, 9.17) is 0 Å². The summed E-state index contributed by atoms with van der Waals surface area (Å²) in [4.78, 5) is 28.6. The van der Waals surface area contributed by atoms with Crippen molar-refractivity contribution in [3.05, 3.63) is 91.6 Å². The highest BCUT2D eigenvalue weighted by Gasteiger charge is 2.25. The summed E-state index contributed by atoms with van der Waals surface area (Å²) < 4.78 is 1.96. The molecule has 7 nitrogen and oxygen atoms in total. The summed E-state index contributed by atoms with van der Waals surface area (Å²) in [6.07, 6.45) is 2.80. The molecule has 0 unspecified atom stereocenters. The Morgan fingerprint density at radius 2 is 1.85 bits per heavy atom. The summed E-state index contributed by atoms with van der Waals surface area (Å²) in [6.45, 7) is 7.70. The van der Waals surface area contributed by atoms with Gasteiger partial charge in [-0.25, -0.2) is 4.99 Å². The van der Waals surface area contributed by atoms with Crippen LogP contribution in [0.4, 0.5) is 11.4 Å². The first-order valence-electron chi connectivity index (χ1n) is 10.6. The number of aliphatic imine (C=N–C) groups is 1. The average molecular weight is 461 g/mol. The van der Waals surface area contributed by atoms with Gasteiger partial charge in [0.05, 0.1) is 21.2 Å². The fourth-order valence-electron chi connectivity index (χ4n) is 3.81. The number of thioether (sulfide) groups is 1. The predicted molar refractivity (Wildman–Crippen MR) is 133 cm³/mol. The van der Waals surface area contributed by atoms with Crippen LogP contribution in [0.15, 0.2) is 58.4 Å². The van der Waals surface area contributed by atoms with Crippen LogP contribution in [0.5, 0.6) is 0 Å². The molecule has 1 fully saturated rings. The Kier molecular flexibility index (Phi) is 6.20. The SMILES string of the molecule is CCc1ccc(N=C2NC(=O)/C(=C/c3cc(C)n(-c4ccc(C)c([N+](=O)[O-])c4)c3C)S2)cc1. The van der Waals surface area contributed by atoms with E-state index in [2.05, 4.69) is 17.2 Å². The van der Waals surface area contributed by atoms with Crippen molar-refractivity contribution in [2.75, 3.05) is 0 Å². The number of rotatable bonds is 5.